The SMILES string of the molecule is Cc1ccc2oc(N3CCN(C(=N)N(C#N)c4ccccc4C)C(C(C)C)C3)nc2c1. The quantitative estimate of drug-likeness (QED) is 0.293. The predicted molar refractivity (Wildman–Crippen MR) is 123 cm³/mol. The number of nitrogens with zero attached hydrogens (tertiary/aromatic N) is 5. The molecule has 0 spiro atoms. The van der Waals surface area contributed by atoms with E-state index in [0.717, 1.165) is 27.9 Å². The molecule has 2 heterocycles. The molecule has 0 radical (unpaired) electrons. The normalized spacial score (nSPS) is 16.6. The van der Waals surface area contributed by atoms with Crippen LogP contribution in [-0.4, -0.2) is 41.5 Å². The fourth-order valence-corrected chi connectivity index (χ4v) is 4.14. The van der Waals surface area contributed by atoms with Crippen LogP contribution in [0, 0.1) is 36.6 Å². The number of nitriles is 1. The van der Waals surface area contributed by atoms with E-state index in [1.54, 1.807) is 0 Å². The Morgan fingerprint density at radius 2 is 2.00 bits per heavy atom. The van der Waals surface area contributed by atoms with Crippen LogP contribution >= 0.6 is 0 Å². The molecule has 1 unspecified atom stereocenters. The van der Waals surface area contributed by atoms with Crippen molar-refractivity contribution in [3.63, 3.8) is 0 Å². The van der Waals surface area contributed by atoms with Crippen LogP contribution in [0.4, 0.5) is 11.7 Å². The fraction of sp³-hybridized carbons (Fsp3) is 0.375. The number of hydrogen-bond donors (Lipinski definition) is 1. The van der Waals surface area contributed by atoms with E-state index in [1.165, 1.54) is 4.90 Å². The molecule has 31 heavy (non-hydrogen) atoms. The summed E-state index contributed by atoms with van der Waals surface area (Å²) in [5.41, 5.74) is 4.51. The molecule has 1 saturated heterocycles. The first-order valence-corrected chi connectivity index (χ1v) is 10.6. The van der Waals surface area contributed by atoms with Crippen LogP contribution in [0.1, 0.15) is 25.0 Å². The second-order valence-corrected chi connectivity index (χ2v) is 8.46. The molecule has 0 saturated carbocycles. The van der Waals surface area contributed by atoms with Gasteiger partial charge in [-0.1, -0.05) is 38.1 Å². The van der Waals surface area contributed by atoms with E-state index in [1.807, 2.05) is 61.2 Å². The lowest BCUT2D eigenvalue weighted by molar-refractivity contribution is 0.217. The summed E-state index contributed by atoms with van der Waals surface area (Å²) in [4.78, 5) is 10.3. The molecule has 4 rings (SSSR count). The second-order valence-electron chi connectivity index (χ2n) is 8.46. The van der Waals surface area contributed by atoms with Gasteiger partial charge >= 0.3 is 0 Å². The van der Waals surface area contributed by atoms with Crippen molar-refractivity contribution in [2.75, 3.05) is 29.4 Å². The highest BCUT2D eigenvalue weighted by Gasteiger charge is 2.35. The van der Waals surface area contributed by atoms with Crippen LogP contribution in [0.2, 0.25) is 0 Å². The predicted octanol–water partition coefficient (Wildman–Crippen LogP) is 4.51. The van der Waals surface area contributed by atoms with Gasteiger partial charge < -0.3 is 14.2 Å². The number of aryl methyl sites for hydroxylation is 2. The van der Waals surface area contributed by atoms with Gasteiger partial charge in [-0.3, -0.25) is 5.41 Å². The van der Waals surface area contributed by atoms with Crippen LogP contribution in [0.5, 0.6) is 0 Å². The Bertz CT molecular complexity index is 1140. The maximum absolute atomic E-state index is 9.84. The summed E-state index contributed by atoms with van der Waals surface area (Å²) in [7, 11) is 0. The number of piperazine rings is 1. The molecule has 0 amide bonds. The summed E-state index contributed by atoms with van der Waals surface area (Å²) in [6.45, 7) is 10.3. The molecular weight excluding hydrogens is 388 g/mol. The minimum atomic E-state index is 0.0536. The molecule has 2 aromatic carbocycles. The number of benzene rings is 2. The highest BCUT2D eigenvalue weighted by Crippen LogP contribution is 2.28. The van der Waals surface area contributed by atoms with Gasteiger partial charge in [0.25, 0.3) is 6.01 Å². The number of nitrogens with one attached hydrogen (secondary N) is 1. The molecule has 1 aliphatic rings. The Balaban J connectivity index is 1.58. The Morgan fingerprint density at radius 3 is 2.71 bits per heavy atom. The smallest absolute Gasteiger partial charge is 0.298 e. The summed E-state index contributed by atoms with van der Waals surface area (Å²) >= 11 is 0. The van der Waals surface area contributed by atoms with E-state index in [2.05, 4.69) is 24.9 Å². The largest absolute Gasteiger partial charge is 0.423 e. The highest BCUT2D eigenvalue weighted by atomic mass is 16.4. The fourth-order valence-electron chi connectivity index (χ4n) is 4.14. The number of fused-ring (bicyclic) bond motifs is 1. The third-order valence-corrected chi connectivity index (χ3v) is 5.93. The minimum absolute atomic E-state index is 0.0536. The molecule has 1 aliphatic heterocycles. The molecule has 1 aromatic heterocycles. The number of hydrogen-bond acceptors (Lipinski definition) is 5. The lowest BCUT2D eigenvalue weighted by Gasteiger charge is -2.45. The summed E-state index contributed by atoms with van der Waals surface area (Å²) in [5.74, 6) is 0.496. The van der Waals surface area contributed by atoms with Crippen LogP contribution in [-0.2, 0) is 0 Å². The average molecular weight is 417 g/mol. The molecule has 7 nitrogen and oxygen atoms in total. The van der Waals surface area contributed by atoms with Gasteiger partial charge in [-0.2, -0.15) is 10.2 Å². The number of para-hydroxylation sites is 1. The molecule has 1 N–H and O–H groups in total. The van der Waals surface area contributed by atoms with Gasteiger partial charge in [0.2, 0.25) is 5.96 Å². The van der Waals surface area contributed by atoms with Crippen molar-refractivity contribution in [3.05, 3.63) is 53.6 Å². The van der Waals surface area contributed by atoms with Crippen LogP contribution in [0.3, 0.4) is 0 Å². The van der Waals surface area contributed by atoms with E-state index < -0.39 is 0 Å². The molecule has 1 atom stereocenters. The van der Waals surface area contributed by atoms with Crippen LogP contribution in [0.15, 0.2) is 46.9 Å². The second kappa shape index (κ2) is 8.31. The Hall–Kier alpha value is -3.53. The van der Waals surface area contributed by atoms with Crippen molar-refractivity contribution in [1.29, 1.82) is 10.7 Å². The van der Waals surface area contributed by atoms with E-state index >= 15 is 0 Å². The standard InChI is InChI=1S/C24H28N6O/c1-16(2)21-14-28(24-27-19-13-17(3)9-10-22(19)31-24)11-12-29(21)23(26)30(15-25)20-8-6-5-7-18(20)4/h5-10,13,16,21,26H,11-12,14H2,1-4H3. The zero-order valence-corrected chi connectivity index (χ0v) is 18.5. The number of aromatic nitrogens is 1. The van der Waals surface area contributed by atoms with E-state index in [4.69, 9.17) is 14.8 Å². The Labute approximate surface area is 183 Å². The molecule has 3 aromatic rings. The number of oxazole rings is 1. The Morgan fingerprint density at radius 1 is 1.23 bits per heavy atom. The minimum Gasteiger partial charge on any atom is -0.423 e. The van der Waals surface area contributed by atoms with Crippen molar-refractivity contribution in [3.8, 4) is 6.19 Å². The van der Waals surface area contributed by atoms with Crippen molar-refractivity contribution < 1.29 is 4.42 Å². The summed E-state index contributed by atoms with van der Waals surface area (Å²) in [5, 5.41) is 18.7. The monoisotopic (exact) mass is 416 g/mol. The lowest BCUT2D eigenvalue weighted by Crippen LogP contribution is -2.60. The van der Waals surface area contributed by atoms with Gasteiger partial charge in [-0.25, -0.2) is 4.90 Å². The Kier molecular flexibility index (Phi) is 5.55. The molecular formula is C24H28N6O. The average Bonchev–Trinajstić information content (AvgIpc) is 3.18. The molecule has 0 bridgehead atoms. The van der Waals surface area contributed by atoms with Crippen molar-refractivity contribution in [2.24, 2.45) is 5.92 Å². The zero-order chi connectivity index (χ0) is 22.1. The molecule has 160 valence electrons. The van der Waals surface area contributed by atoms with E-state index in [-0.39, 0.29) is 17.9 Å². The van der Waals surface area contributed by atoms with Crippen molar-refractivity contribution >= 4 is 28.8 Å². The number of rotatable bonds is 3. The summed E-state index contributed by atoms with van der Waals surface area (Å²) < 4.78 is 6.02. The van der Waals surface area contributed by atoms with E-state index in [0.29, 0.717) is 25.6 Å². The number of guanidine groups is 1. The van der Waals surface area contributed by atoms with Crippen LogP contribution in [0.25, 0.3) is 11.1 Å². The molecule has 7 heteroatoms. The van der Waals surface area contributed by atoms with Gasteiger partial charge in [-0.15, -0.1) is 0 Å². The number of anilines is 2. The van der Waals surface area contributed by atoms with Gasteiger partial charge in [0.1, 0.15) is 5.52 Å². The first-order valence-electron chi connectivity index (χ1n) is 10.6. The first-order chi connectivity index (χ1) is 14.9. The maximum Gasteiger partial charge on any atom is 0.298 e. The highest BCUT2D eigenvalue weighted by molar-refractivity contribution is 5.97. The topological polar surface area (TPSA) is 83.4 Å². The zero-order valence-electron chi connectivity index (χ0n) is 18.5. The molecule has 0 aliphatic carbocycles. The van der Waals surface area contributed by atoms with Gasteiger partial charge in [0, 0.05) is 19.6 Å². The third kappa shape index (κ3) is 3.93. The summed E-state index contributed by atoms with van der Waals surface area (Å²) in [6.07, 6.45) is 2.20. The van der Waals surface area contributed by atoms with Crippen molar-refractivity contribution in [1.82, 2.24) is 9.88 Å². The molecule has 1 fully saturated rings. The van der Waals surface area contributed by atoms with E-state index in [9.17, 15) is 5.26 Å². The first kappa shape index (κ1) is 20.7. The van der Waals surface area contributed by atoms with Crippen LogP contribution < -0.4 is 9.80 Å². The maximum atomic E-state index is 9.84. The van der Waals surface area contributed by atoms with Crippen molar-refractivity contribution in [2.45, 2.75) is 33.7 Å². The lowest BCUT2D eigenvalue weighted by atomic mass is 10.00. The van der Waals surface area contributed by atoms with Gasteiger partial charge in [-0.05, 0) is 49.1 Å². The third-order valence-electron chi connectivity index (χ3n) is 5.93. The summed E-state index contributed by atoms with van der Waals surface area (Å²) in [6, 6.07) is 14.4. The van der Waals surface area contributed by atoms with Gasteiger partial charge in [0.15, 0.2) is 11.8 Å². The van der Waals surface area contributed by atoms with Gasteiger partial charge in [0.05, 0.1) is 11.7 Å².